The summed E-state index contributed by atoms with van der Waals surface area (Å²) < 4.78 is 33.2. The molecule has 7 heteroatoms. The molecule has 6 nitrogen and oxygen atoms in total. The molecular formula is C16H32N2O4S. The van der Waals surface area contributed by atoms with Crippen molar-refractivity contribution in [3.63, 3.8) is 0 Å². The Bertz CT molecular complexity index is 466. The molecular weight excluding hydrogens is 316 g/mol. The van der Waals surface area contributed by atoms with Gasteiger partial charge in [-0.1, -0.05) is 33.3 Å². The molecule has 0 aliphatic heterocycles. The minimum atomic E-state index is -4.19. The minimum Gasteiger partial charge on any atom is -0.748 e. The molecule has 0 aliphatic carbocycles. The zero-order valence-corrected chi connectivity index (χ0v) is 15.6. The molecule has 0 saturated carbocycles. The van der Waals surface area contributed by atoms with Crippen LogP contribution < -0.4 is 5.32 Å². The molecule has 0 atom stereocenters. The summed E-state index contributed by atoms with van der Waals surface area (Å²) in [5, 5.41) is 2.89. The van der Waals surface area contributed by atoms with Crippen molar-refractivity contribution in [2.75, 3.05) is 32.1 Å². The number of unbranched alkanes of at least 4 members (excludes halogenated alkanes) is 2. The fraction of sp³-hybridized carbons (Fsp3) is 0.812. The Morgan fingerprint density at radius 3 is 1.96 bits per heavy atom. The van der Waals surface area contributed by atoms with E-state index in [4.69, 9.17) is 0 Å². The van der Waals surface area contributed by atoms with Gasteiger partial charge in [0.25, 0.3) is 5.91 Å². The molecule has 0 aromatic carbocycles. The smallest absolute Gasteiger partial charge is 0.250 e. The monoisotopic (exact) mass is 348 g/mol. The van der Waals surface area contributed by atoms with Crippen molar-refractivity contribution in [1.29, 1.82) is 0 Å². The van der Waals surface area contributed by atoms with Gasteiger partial charge >= 0.3 is 0 Å². The van der Waals surface area contributed by atoms with Gasteiger partial charge in [0.2, 0.25) is 0 Å². The number of hydrogen-bond donors (Lipinski definition) is 1. The molecule has 0 rings (SSSR count). The first-order chi connectivity index (χ1) is 10.7. The molecule has 0 aliphatic rings. The molecule has 0 radical (unpaired) electrons. The number of nitrogens with zero attached hydrogens (tertiary/aromatic N) is 1. The van der Waals surface area contributed by atoms with Gasteiger partial charge in [0.05, 0.1) is 29.8 Å². The molecule has 1 amide bonds. The summed E-state index contributed by atoms with van der Waals surface area (Å²) >= 11 is 0. The van der Waals surface area contributed by atoms with Gasteiger partial charge in [-0.15, -0.1) is 0 Å². The van der Waals surface area contributed by atoms with E-state index < -0.39 is 10.1 Å². The van der Waals surface area contributed by atoms with E-state index in [1.165, 1.54) is 0 Å². The number of amides is 1. The van der Waals surface area contributed by atoms with Crippen LogP contribution in [0.4, 0.5) is 0 Å². The van der Waals surface area contributed by atoms with Crippen LogP contribution in [0.1, 0.15) is 52.9 Å². The van der Waals surface area contributed by atoms with Crippen LogP contribution in [-0.2, 0) is 14.9 Å². The normalized spacial score (nSPS) is 12.2. The van der Waals surface area contributed by atoms with Crippen molar-refractivity contribution in [3.05, 3.63) is 12.2 Å². The minimum absolute atomic E-state index is 0.183. The van der Waals surface area contributed by atoms with Crippen LogP contribution in [0.25, 0.3) is 0 Å². The predicted octanol–water partition coefficient (Wildman–Crippen LogP) is 1.99. The third kappa shape index (κ3) is 10.5. The van der Waals surface area contributed by atoms with Crippen LogP contribution >= 0.6 is 0 Å². The van der Waals surface area contributed by atoms with Crippen molar-refractivity contribution in [1.82, 2.24) is 5.32 Å². The Labute approximate surface area is 141 Å². The van der Waals surface area contributed by atoms with Crippen LogP contribution in [0, 0.1) is 0 Å². The molecule has 0 heterocycles. The Morgan fingerprint density at radius 2 is 1.57 bits per heavy atom. The van der Waals surface area contributed by atoms with Crippen molar-refractivity contribution in [2.45, 2.75) is 52.9 Å². The second kappa shape index (κ2) is 10.8. The van der Waals surface area contributed by atoms with Gasteiger partial charge in [-0.05, 0) is 19.8 Å². The quantitative estimate of drug-likeness (QED) is 0.239. The second-order valence-corrected chi connectivity index (χ2v) is 7.80. The van der Waals surface area contributed by atoms with E-state index in [9.17, 15) is 17.8 Å². The summed E-state index contributed by atoms with van der Waals surface area (Å²) in [6, 6.07) is 0. The molecule has 0 unspecified atom stereocenters. The van der Waals surface area contributed by atoms with Gasteiger partial charge in [0.15, 0.2) is 6.67 Å². The van der Waals surface area contributed by atoms with Gasteiger partial charge < -0.3 is 14.4 Å². The maximum Gasteiger partial charge on any atom is 0.250 e. The summed E-state index contributed by atoms with van der Waals surface area (Å²) in [6.07, 6.45) is 4.37. The molecule has 0 saturated heterocycles. The van der Waals surface area contributed by atoms with Crippen molar-refractivity contribution in [3.8, 4) is 0 Å². The highest BCUT2D eigenvalue weighted by molar-refractivity contribution is 7.85. The molecule has 1 N–H and O–H groups in total. The second-order valence-electron chi connectivity index (χ2n) is 6.28. The Balaban J connectivity index is 4.98. The summed E-state index contributed by atoms with van der Waals surface area (Å²) in [5.74, 6) is -0.531. The highest BCUT2D eigenvalue weighted by atomic mass is 32.2. The average molecular weight is 349 g/mol. The van der Waals surface area contributed by atoms with Crippen molar-refractivity contribution < 1.29 is 22.2 Å². The van der Waals surface area contributed by atoms with E-state index in [-0.39, 0.29) is 11.7 Å². The first-order valence-electron chi connectivity index (χ1n) is 8.38. The third-order valence-corrected chi connectivity index (χ3v) is 4.75. The molecule has 0 aromatic rings. The van der Waals surface area contributed by atoms with Crippen molar-refractivity contribution >= 4 is 16.0 Å². The molecule has 0 bridgehead atoms. The fourth-order valence-electron chi connectivity index (χ4n) is 2.53. The molecule has 23 heavy (non-hydrogen) atoms. The van der Waals surface area contributed by atoms with Crippen LogP contribution in [0.5, 0.6) is 0 Å². The number of nitrogens with one attached hydrogen (secondary N) is 1. The zero-order chi connectivity index (χ0) is 17.9. The lowest BCUT2D eigenvalue weighted by molar-refractivity contribution is -0.930. The highest BCUT2D eigenvalue weighted by Gasteiger charge is 2.27. The fourth-order valence-corrected chi connectivity index (χ4v) is 3.01. The number of carbonyl (C=O) groups is 1. The first-order valence-corrected chi connectivity index (χ1v) is 9.96. The van der Waals surface area contributed by atoms with Gasteiger partial charge in [0.1, 0.15) is 0 Å². The van der Waals surface area contributed by atoms with Crippen LogP contribution in [0.2, 0.25) is 0 Å². The Morgan fingerprint density at radius 1 is 1.09 bits per heavy atom. The van der Waals surface area contributed by atoms with Gasteiger partial charge in [-0.3, -0.25) is 4.79 Å². The standard InChI is InChI=1S/C16H32N2O4S/c1-5-7-10-18(11-8-6-2,12-9-13-23(20,21)22)14-17-16(19)15(3)4/h3,5-14H2,1-2,4H3,(H-,17,19,20,21,22). The molecule has 0 spiro atoms. The van der Waals surface area contributed by atoms with E-state index in [0.717, 1.165) is 38.8 Å². The predicted molar refractivity (Wildman–Crippen MR) is 91.7 cm³/mol. The lowest BCUT2D eigenvalue weighted by atomic mass is 10.2. The topological polar surface area (TPSA) is 86.3 Å². The summed E-state index contributed by atoms with van der Waals surface area (Å²) in [4.78, 5) is 11.8. The van der Waals surface area contributed by atoms with Crippen molar-refractivity contribution in [2.24, 2.45) is 0 Å². The summed E-state index contributed by atoms with van der Waals surface area (Å²) in [6.45, 7) is 12.3. The van der Waals surface area contributed by atoms with E-state index in [2.05, 4.69) is 25.7 Å². The Kier molecular flexibility index (Phi) is 10.3. The molecule has 0 aromatic heterocycles. The average Bonchev–Trinajstić information content (AvgIpc) is 2.46. The lowest BCUT2D eigenvalue weighted by Gasteiger charge is -2.39. The lowest BCUT2D eigenvalue weighted by Crippen LogP contribution is -2.56. The number of carbonyl (C=O) groups excluding carboxylic acids is 1. The third-order valence-electron chi connectivity index (χ3n) is 3.96. The zero-order valence-electron chi connectivity index (χ0n) is 14.8. The maximum absolute atomic E-state index is 11.8. The van der Waals surface area contributed by atoms with Crippen LogP contribution in [0.15, 0.2) is 12.2 Å². The largest absolute Gasteiger partial charge is 0.748 e. The molecule has 136 valence electrons. The number of rotatable bonds is 13. The van der Waals surface area contributed by atoms with E-state index in [1.54, 1.807) is 6.92 Å². The SMILES string of the molecule is C=C(C)C(=O)NC[N+](CCCC)(CCCC)CCCS(=O)(=O)[O-]. The number of hydrogen-bond acceptors (Lipinski definition) is 4. The number of quaternary nitrogens is 1. The van der Waals surface area contributed by atoms with Crippen LogP contribution in [0.3, 0.4) is 0 Å². The van der Waals surface area contributed by atoms with Gasteiger partial charge in [-0.2, -0.15) is 0 Å². The van der Waals surface area contributed by atoms with Gasteiger partial charge in [-0.25, -0.2) is 8.42 Å². The van der Waals surface area contributed by atoms with E-state index in [1.807, 2.05) is 0 Å². The Hall–Kier alpha value is -0.920. The van der Waals surface area contributed by atoms with Crippen LogP contribution in [-0.4, -0.2) is 55.4 Å². The maximum atomic E-state index is 11.8. The first kappa shape index (κ1) is 22.1. The molecule has 0 fully saturated rings. The summed E-state index contributed by atoms with van der Waals surface area (Å²) in [7, 11) is -4.19. The van der Waals surface area contributed by atoms with Gasteiger partial charge in [0, 0.05) is 17.7 Å². The highest BCUT2D eigenvalue weighted by Crippen LogP contribution is 2.13. The van der Waals surface area contributed by atoms with E-state index in [0.29, 0.717) is 29.7 Å². The summed E-state index contributed by atoms with van der Waals surface area (Å²) in [5.41, 5.74) is 0.455. The van der Waals surface area contributed by atoms with E-state index >= 15 is 0 Å².